The molecule has 0 saturated carbocycles. The molecule has 1 saturated heterocycles. The first-order valence-corrected chi connectivity index (χ1v) is 4.96. The number of likely N-dealkylation sites (tertiary alicyclic amines) is 1. The number of rotatable bonds is 1. The molecular weight excluding hydrogens is 174 g/mol. The van der Waals surface area contributed by atoms with E-state index in [0.717, 1.165) is 12.1 Å². The molecule has 1 aromatic carbocycles. The Balaban J connectivity index is 2.46. The van der Waals surface area contributed by atoms with Gasteiger partial charge in [-0.15, -0.1) is 0 Å². The van der Waals surface area contributed by atoms with Crippen molar-refractivity contribution in [1.29, 1.82) is 0 Å². The molecule has 0 N–H and O–H groups in total. The van der Waals surface area contributed by atoms with Crippen molar-refractivity contribution in [3.8, 4) is 0 Å². The van der Waals surface area contributed by atoms with Gasteiger partial charge in [-0.1, -0.05) is 30.3 Å². The van der Waals surface area contributed by atoms with Gasteiger partial charge in [-0.25, -0.2) is 0 Å². The van der Waals surface area contributed by atoms with Crippen LogP contribution in [0.2, 0.25) is 0 Å². The molecule has 0 amide bonds. The molecule has 2 heteroatoms. The number of carbonyl (C=O) groups is 1. The van der Waals surface area contributed by atoms with Gasteiger partial charge in [0.25, 0.3) is 0 Å². The van der Waals surface area contributed by atoms with Crippen LogP contribution < -0.4 is 0 Å². The number of hydrogen-bond donors (Lipinski definition) is 0. The van der Waals surface area contributed by atoms with E-state index in [1.54, 1.807) is 0 Å². The Labute approximate surface area is 84.5 Å². The molecule has 1 unspecified atom stereocenters. The molecule has 14 heavy (non-hydrogen) atoms. The van der Waals surface area contributed by atoms with Crippen molar-refractivity contribution in [3.05, 3.63) is 35.9 Å². The van der Waals surface area contributed by atoms with E-state index in [0.29, 0.717) is 12.2 Å². The zero-order valence-electron chi connectivity index (χ0n) is 8.66. The van der Waals surface area contributed by atoms with Gasteiger partial charge in [0, 0.05) is 13.0 Å². The minimum absolute atomic E-state index is 0.325. The topological polar surface area (TPSA) is 20.3 Å². The molecule has 2 rings (SSSR count). The van der Waals surface area contributed by atoms with Crippen LogP contribution in [0.3, 0.4) is 0 Å². The summed E-state index contributed by atoms with van der Waals surface area (Å²) in [6.07, 6.45) is 0.669. The maximum absolute atomic E-state index is 11.9. The van der Waals surface area contributed by atoms with Gasteiger partial charge in [0.2, 0.25) is 0 Å². The summed E-state index contributed by atoms with van der Waals surface area (Å²) in [5, 5.41) is 0. The molecule has 1 aromatic rings. The van der Waals surface area contributed by atoms with Crippen LogP contribution in [-0.2, 0) is 10.3 Å². The van der Waals surface area contributed by atoms with E-state index in [-0.39, 0.29) is 0 Å². The number of carbonyl (C=O) groups excluding carboxylic acids is 1. The minimum atomic E-state index is -0.402. The summed E-state index contributed by atoms with van der Waals surface area (Å²) in [7, 11) is 2.01. The summed E-state index contributed by atoms with van der Waals surface area (Å²) >= 11 is 0. The first kappa shape index (κ1) is 9.41. The van der Waals surface area contributed by atoms with E-state index in [2.05, 4.69) is 4.90 Å². The molecule has 1 aliphatic rings. The molecule has 2 nitrogen and oxygen atoms in total. The zero-order chi connectivity index (χ0) is 10.2. The Bertz CT molecular complexity index is 347. The van der Waals surface area contributed by atoms with Crippen LogP contribution in [-0.4, -0.2) is 24.3 Å². The monoisotopic (exact) mass is 189 g/mol. The maximum atomic E-state index is 11.9. The van der Waals surface area contributed by atoms with E-state index in [1.807, 2.05) is 44.3 Å². The summed E-state index contributed by atoms with van der Waals surface area (Å²) in [6.45, 7) is 2.88. The highest BCUT2D eigenvalue weighted by molar-refractivity contribution is 5.91. The van der Waals surface area contributed by atoms with Crippen molar-refractivity contribution in [2.75, 3.05) is 13.6 Å². The fourth-order valence-electron chi connectivity index (χ4n) is 2.09. The SMILES string of the molecule is CN1CCC(=O)C1(C)c1ccccc1. The van der Waals surface area contributed by atoms with Crippen LogP contribution in [0.25, 0.3) is 0 Å². The molecule has 74 valence electrons. The quantitative estimate of drug-likeness (QED) is 0.671. The first-order valence-electron chi connectivity index (χ1n) is 4.96. The predicted octanol–water partition coefficient (Wildman–Crippen LogP) is 1.81. The van der Waals surface area contributed by atoms with E-state index in [4.69, 9.17) is 0 Å². The number of likely N-dealkylation sites (N-methyl/N-ethyl adjacent to an activating group) is 1. The summed E-state index contributed by atoms with van der Waals surface area (Å²) in [6, 6.07) is 10.0. The Kier molecular flexibility index (Phi) is 2.16. The number of ketones is 1. The zero-order valence-corrected chi connectivity index (χ0v) is 8.66. The van der Waals surface area contributed by atoms with Crippen molar-refractivity contribution >= 4 is 5.78 Å². The van der Waals surface area contributed by atoms with Crippen molar-refractivity contribution in [1.82, 2.24) is 4.90 Å². The minimum Gasteiger partial charge on any atom is -0.297 e. The van der Waals surface area contributed by atoms with Gasteiger partial charge in [0.15, 0.2) is 5.78 Å². The van der Waals surface area contributed by atoms with Crippen LogP contribution in [0.4, 0.5) is 0 Å². The van der Waals surface area contributed by atoms with Gasteiger partial charge < -0.3 is 0 Å². The average molecular weight is 189 g/mol. The molecule has 1 aliphatic heterocycles. The summed E-state index contributed by atoms with van der Waals surface area (Å²) < 4.78 is 0. The lowest BCUT2D eigenvalue weighted by molar-refractivity contribution is -0.124. The summed E-state index contributed by atoms with van der Waals surface area (Å²) in [5.41, 5.74) is 0.700. The highest BCUT2D eigenvalue weighted by atomic mass is 16.1. The second-order valence-electron chi connectivity index (χ2n) is 4.03. The van der Waals surface area contributed by atoms with Gasteiger partial charge >= 0.3 is 0 Å². The summed E-state index contributed by atoms with van der Waals surface area (Å²) in [5.74, 6) is 0.325. The second kappa shape index (κ2) is 3.21. The van der Waals surface area contributed by atoms with Crippen molar-refractivity contribution in [2.45, 2.75) is 18.9 Å². The number of benzene rings is 1. The normalized spacial score (nSPS) is 28.3. The van der Waals surface area contributed by atoms with Gasteiger partial charge in [-0.05, 0) is 19.5 Å². The van der Waals surface area contributed by atoms with Crippen LogP contribution in [0.5, 0.6) is 0 Å². The molecule has 0 aliphatic carbocycles. The highest BCUT2D eigenvalue weighted by Crippen LogP contribution is 2.33. The Morgan fingerprint density at radius 3 is 2.43 bits per heavy atom. The third kappa shape index (κ3) is 1.18. The smallest absolute Gasteiger partial charge is 0.158 e. The maximum Gasteiger partial charge on any atom is 0.158 e. The van der Waals surface area contributed by atoms with Crippen LogP contribution in [0, 0.1) is 0 Å². The van der Waals surface area contributed by atoms with Gasteiger partial charge in [0.05, 0.1) is 0 Å². The average Bonchev–Trinajstić information content (AvgIpc) is 2.49. The van der Waals surface area contributed by atoms with Crippen LogP contribution in [0.1, 0.15) is 18.9 Å². The van der Waals surface area contributed by atoms with Crippen molar-refractivity contribution in [3.63, 3.8) is 0 Å². The van der Waals surface area contributed by atoms with E-state index >= 15 is 0 Å². The van der Waals surface area contributed by atoms with Gasteiger partial charge in [0.1, 0.15) is 5.54 Å². The molecule has 1 atom stereocenters. The highest BCUT2D eigenvalue weighted by Gasteiger charge is 2.43. The molecule has 0 aromatic heterocycles. The first-order chi connectivity index (χ1) is 6.65. The molecular formula is C12H15NO. The van der Waals surface area contributed by atoms with Crippen molar-refractivity contribution < 1.29 is 4.79 Å². The molecule has 1 fully saturated rings. The lowest BCUT2D eigenvalue weighted by Crippen LogP contribution is -2.40. The standard InChI is InChI=1S/C12H15NO/c1-12(10-6-4-3-5-7-10)11(14)8-9-13(12)2/h3-7H,8-9H2,1-2H3. The lowest BCUT2D eigenvalue weighted by Gasteiger charge is -2.30. The van der Waals surface area contributed by atoms with Gasteiger partial charge in [-0.2, -0.15) is 0 Å². The fraction of sp³-hybridized carbons (Fsp3) is 0.417. The predicted molar refractivity (Wildman–Crippen MR) is 56.0 cm³/mol. The Morgan fingerprint density at radius 2 is 1.93 bits per heavy atom. The third-order valence-corrected chi connectivity index (χ3v) is 3.32. The Hall–Kier alpha value is -1.15. The number of hydrogen-bond acceptors (Lipinski definition) is 2. The third-order valence-electron chi connectivity index (χ3n) is 3.32. The second-order valence-corrected chi connectivity index (χ2v) is 4.03. The molecule has 1 heterocycles. The lowest BCUT2D eigenvalue weighted by atomic mass is 9.88. The fourth-order valence-corrected chi connectivity index (χ4v) is 2.09. The molecule has 0 radical (unpaired) electrons. The van der Waals surface area contributed by atoms with Crippen LogP contribution >= 0.6 is 0 Å². The summed E-state index contributed by atoms with van der Waals surface area (Å²) in [4.78, 5) is 14.0. The molecule has 0 spiro atoms. The van der Waals surface area contributed by atoms with Crippen LogP contribution in [0.15, 0.2) is 30.3 Å². The van der Waals surface area contributed by atoms with Gasteiger partial charge in [-0.3, -0.25) is 9.69 Å². The van der Waals surface area contributed by atoms with Crippen molar-refractivity contribution in [2.24, 2.45) is 0 Å². The molecule has 0 bridgehead atoms. The number of nitrogens with zero attached hydrogens (tertiary/aromatic N) is 1. The largest absolute Gasteiger partial charge is 0.297 e. The van der Waals surface area contributed by atoms with E-state index in [1.165, 1.54) is 0 Å². The number of Topliss-reactive ketones (excluding diaryl/α,β-unsaturated/α-hetero) is 1. The van der Waals surface area contributed by atoms with E-state index in [9.17, 15) is 4.79 Å². The Morgan fingerprint density at radius 1 is 1.29 bits per heavy atom. The van der Waals surface area contributed by atoms with E-state index < -0.39 is 5.54 Å².